The average molecular weight is 947 g/mol. The van der Waals surface area contributed by atoms with Crippen LogP contribution < -0.4 is 4.90 Å². The zero-order chi connectivity index (χ0) is 47.7. The van der Waals surface area contributed by atoms with Crippen molar-refractivity contribution < 1.29 is 14.5 Å². The normalized spacial score (nSPS) is 14.0. The second kappa shape index (κ2) is 19.4. The van der Waals surface area contributed by atoms with Crippen molar-refractivity contribution in [1.82, 2.24) is 10.3 Å². The molecule has 0 fully saturated rings. The molecule has 5 aromatic carbocycles. The topological polar surface area (TPSA) is 103 Å². The third-order valence-electron chi connectivity index (χ3n) is 14.9. The lowest BCUT2D eigenvalue weighted by atomic mass is 9.70. The van der Waals surface area contributed by atoms with Gasteiger partial charge in [0, 0.05) is 47.3 Å². The minimum absolute atomic E-state index is 0.0892. The average Bonchev–Trinajstić information content (AvgIpc) is 4.24. The number of aromatic nitrogens is 2. The Morgan fingerprint density at radius 3 is 1.61 bits per heavy atom. The molecular formula is C60H58N4O3S2. The highest BCUT2D eigenvalue weighted by atomic mass is 32.1. The van der Waals surface area contributed by atoms with Gasteiger partial charge in [0.05, 0.1) is 5.69 Å². The molecule has 0 aliphatic heterocycles. The number of carboxylic acid groups (broad SMARTS) is 1. The number of carbonyl (C=O) groups is 1. The van der Waals surface area contributed by atoms with E-state index in [2.05, 4.69) is 147 Å². The van der Waals surface area contributed by atoms with Crippen LogP contribution in [0.25, 0.3) is 59.6 Å². The maximum Gasteiger partial charge on any atom is 0.346 e. The van der Waals surface area contributed by atoms with E-state index in [4.69, 9.17) is 9.79 Å². The van der Waals surface area contributed by atoms with Gasteiger partial charge in [0.2, 0.25) is 0 Å². The Bertz CT molecular complexity index is 3140. The highest BCUT2D eigenvalue weighted by Gasteiger charge is 2.44. The second-order valence-electron chi connectivity index (χ2n) is 18.9. The van der Waals surface area contributed by atoms with Crippen LogP contribution in [0.1, 0.15) is 132 Å². The smallest absolute Gasteiger partial charge is 0.346 e. The summed E-state index contributed by atoms with van der Waals surface area (Å²) in [6.45, 7) is 9.24. The largest absolute Gasteiger partial charge is 0.477 e. The molecule has 3 heterocycles. The van der Waals surface area contributed by atoms with Crippen molar-refractivity contribution in [1.29, 1.82) is 5.26 Å². The molecular weight excluding hydrogens is 889 g/mol. The maximum atomic E-state index is 11.5. The Hall–Kier alpha value is -6.60. The Morgan fingerprint density at radius 2 is 1.07 bits per heavy atom. The van der Waals surface area contributed by atoms with Gasteiger partial charge in [0.15, 0.2) is 5.52 Å². The predicted molar refractivity (Wildman–Crippen MR) is 285 cm³/mol. The molecule has 0 saturated heterocycles. The number of thiophene rings is 2. The van der Waals surface area contributed by atoms with E-state index in [0.717, 1.165) is 114 Å². The van der Waals surface area contributed by atoms with Gasteiger partial charge in [-0.15, -0.1) is 22.7 Å². The molecule has 348 valence electrons. The zero-order valence-electron chi connectivity index (χ0n) is 40.0. The van der Waals surface area contributed by atoms with Crippen molar-refractivity contribution in [2.45, 2.75) is 116 Å². The van der Waals surface area contributed by atoms with Gasteiger partial charge >= 0.3 is 5.97 Å². The van der Waals surface area contributed by atoms with Crippen molar-refractivity contribution in [2.24, 2.45) is 0 Å². The summed E-state index contributed by atoms with van der Waals surface area (Å²) in [6.07, 6.45) is 15.0. The fourth-order valence-corrected chi connectivity index (χ4v) is 13.6. The van der Waals surface area contributed by atoms with E-state index in [1.807, 2.05) is 12.1 Å². The van der Waals surface area contributed by atoms with Crippen molar-refractivity contribution in [3.05, 3.63) is 154 Å². The van der Waals surface area contributed by atoms with Crippen molar-refractivity contribution in [2.75, 3.05) is 4.90 Å². The molecule has 8 aromatic rings. The molecule has 2 aliphatic carbocycles. The number of anilines is 3. The van der Waals surface area contributed by atoms with Gasteiger partial charge in [-0.3, -0.25) is 0 Å². The van der Waals surface area contributed by atoms with Crippen molar-refractivity contribution >= 4 is 62.8 Å². The summed E-state index contributed by atoms with van der Waals surface area (Å²) in [5, 5.41) is 28.1. The standard InChI is InChI=1S/C60H58N4O3S2/c1-5-9-31-59(32-10-6-2)48-19-15-13-17-43(48)45-24-21-40(36-50(45)59)64(41-22-25-46-44-18-14-16-20-49(44)60(33-11-7-3,34-12-8-4)51(46)37-41)52-27-26-47(56-57(52)63-67-62-56)53-29-30-55(69-53)54-28-23-42(68-54)35-39(38-61)58(65)66/h13-30,35-37H,5-12,31-34H2,1-4H3,(H,65,66). The van der Waals surface area contributed by atoms with Crippen LogP contribution in [0, 0.1) is 11.3 Å². The van der Waals surface area contributed by atoms with E-state index in [9.17, 15) is 15.2 Å². The van der Waals surface area contributed by atoms with Gasteiger partial charge in [-0.05, 0) is 147 Å². The monoisotopic (exact) mass is 946 g/mol. The first-order chi connectivity index (χ1) is 33.8. The summed E-state index contributed by atoms with van der Waals surface area (Å²) in [6, 6.07) is 46.8. The van der Waals surface area contributed by atoms with Crippen LogP contribution in [-0.2, 0) is 15.6 Å². The summed E-state index contributed by atoms with van der Waals surface area (Å²) in [4.78, 5) is 17.7. The summed E-state index contributed by atoms with van der Waals surface area (Å²) in [5.41, 5.74) is 16.0. The molecule has 0 radical (unpaired) electrons. The Balaban J connectivity index is 1.15. The number of aliphatic carboxylic acids is 1. The highest BCUT2D eigenvalue weighted by molar-refractivity contribution is 7.24. The minimum atomic E-state index is -1.24. The molecule has 9 heteroatoms. The first kappa shape index (κ1) is 46.1. The molecule has 0 saturated carbocycles. The summed E-state index contributed by atoms with van der Waals surface area (Å²) in [7, 11) is 0. The molecule has 0 amide bonds. The number of unbranched alkanes of at least 4 members (excludes halogenated alkanes) is 4. The number of rotatable bonds is 19. The molecule has 1 N–H and O–H groups in total. The molecule has 2 aliphatic rings. The number of hydrogen-bond acceptors (Lipinski definition) is 8. The van der Waals surface area contributed by atoms with Crippen LogP contribution in [-0.4, -0.2) is 21.4 Å². The van der Waals surface area contributed by atoms with Crippen molar-refractivity contribution in [3.8, 4) is 48.5 Å². The number of fused-ring (bicyclic) bond motifs is 7. The first-order valence-electron chi connectivity index (χ1n) is 24.9. The molecule has 3 aromatic heterocycles. The van der Waals surface area contributed by atoms with Crippen LogP contribution >= 0.6 is 22.7 Å². The van der Waals surface area contributed by atoms with Crippen LogP contribution in [0.4, 0.5) is 17.1 Å². The van der Waals surface area contributed by atoms with Crippen LogP contribution in [0.15, 0.2) is 132 Å². The minimum Gasteiger partial charge on any atom is -0.477 e. The van der Waals surface area contributed by atoms with Crippen LogP contribution in [0.2, 0.25) is 0 Å². The van der Waals surface area contributed by atoms with Gasteiger partial charge < -0.3 is 10.0 Å². The number of carboxylic acids is 1. The quantitative estimate of drug-likeness (QED) is 0.0636. The van der Waals surface area contributed by atoms with Crippen LogP contribution in [0.3, 0.4) is 0 Å². The number of nitriles is 1. The number of nitrogens with zero attached hydrogens (tertiary/aromatic N) is 4. The van der Waals surface area contributed by atoms with E-state index in [1.54, 1.807) is 17.4 Å². The van der Waals surface area contributed by atoms with Crippen molar-refractivity contribution in [3.63, 3.8) is 0 Å². The lowest BCUT2D eigenvalue weighted by Gasteiger charge is -2.35. The van der Waals surface area contributed by atoms with E-state index >= 15 is 0 Å². The first-order valence-corrected chi connectivity index (χ1v) is 26.5. The van der Waals surface area contributed by atoms with E-state index < -0.39 is 5.97 Å². The lowest BCUT2D eigenvalue weighted by Crippen LogP contribution is -2.26. The fourth-order valence-electron chi connectivity index (χ4n) is 11.5. The van der Waals surface area contributed by atoms with E-state index in [1.165, 1.54) is 61.9 Å². The molecule has 0 unspecified atom stereocenters. The van der Waals surface area contributed by atoms with Crippen LogP contribution in [0.5, 0.6) is 0 Å². The van der Waals surface area contributed by atoms with Gasteiger partial charge in [-0.25, -0.2) is 9.42 Å². The zero-order valence-corrected chi connectivity index (χ0v) is 41.6. The Kier molecular flexibility index (Phi) is 13.0. The molecule has 0 bridgehead atoms. The number of benzene rings is 5. The lowest BCUT2D eigenvalue weighted by molar-refractivity contribution is -0.132. The molecule has 0 atom stereocenters. The molecule has 10 rings (SSSR count). The number of hydrogen-bond donors (Lipinski definition) is 1. The van der Waals surface area contributed by atoms with E-state index in [-0.39, 0.29) is 16.4 Å². The molecule has 0 spiro atoms. The predicted octanol–water partition coefficient (Wildman–Crippen LogP) is 17.4. The van der Waals surface area contributed by atoms with Gasteiger partial charge in [-0.2, -0.15) is 5.26 Å². The summed E-state index contributed by atoms with van der Waals surface area (Å²) < 4.78 is 5.73. The second-order valence-corrected chi connectivity index (χ2v) is 21.1. The third kappa shape index (κ3) is 8.02. The van der Waals surface area contributed by atoms with Gasteiger partial charge in [0.25, 0.3) is 0 Å². The molecule has 7 nitrogen and oxygen atoms in total. The van der Waals surface area contributed by atoms with E-state index in [0.29, 0.717) is 15.9 Å². The maximum absolute atomic E-state index is 11.5. The van der Waals surface area contributed by atoms with Gasteiger partial charge in [0.1, 0.15) is 17.2 Å². The Morgan fingerprint density at radius 1 is 0.594 bits per heavy atom. The Labute approximate surface area is 413 Å². The summed E-state index contributed by atoms with van der Waals surface area (Å²) in [5.74, 6) is -1.24. The SMILES string of the molecule is CCCCC1(CCCC)c2ccccc2-c2ccc(N(c3ccc4c(c3)C(CCCC)(CCCC)c3ccccc3-4)c3ccc(-c4ccc(-c5ccc(C=C(C#N)C(=O)O)s5)s4)c4nonc34)cc21. The highest BCUT2D eigenvalue weighted by Crippen LogP contribution is 2.58. The molecule has 69 heavy (non-hydrogen) atoms. The third-order valence-corrected chi connectivity index (χ3v) is 17.2. The fraction of sp³-hybridized carbons (Fsp3) is 0.300. The summed E-state index contributed by atoms with van der Waals surface area (Å²) >= 11 is 3.09. The van der Waals surface area contributed by atoms with Gasteiger partial charge in [-0.1, -0.05) is 140 Å².